The van der Waals surface area contributed by atoms with Gasteiger partial charge in [-0.1, -0.05) is 15.9 Å². The molecule has 0 bridgehead atoms. The Balaban J connectivity index is 2.64. The molecule has 0 amide bonds. The van der Waals surface area contributed by atoms with Gasteiger partial charge in [0.25, 0.3) is 0 Å². The van der Waals surface area contributed by atoms with Crippen LogP contribution in [0.5, 0.6) is 5.75 Å². The summed E-state index contributed by atoms with van der Waals surface area (Å²) in [6.07, 6.45) is 0. The zero-order valence-electron chi connectivity index (χ0n) is 8.83. The second-order valence-corrected chi connectivity index (χ2v) is 4.16. The van der Waals surface area contributed by atoms with Crippen LogP contribution in [0.25, 0.3) is 10.9 Å². The molecular weight excluding hydrogens is 274 g/mol. The Morgan fingerprint density at radius 1 is 1.31 bits per heavy atom. The number of rotatable bonds is 2. The first kappa shape index (κ1) is 11.0. The minimum Gasteiger partial charge on any atom is -0.496 e. The van der Waals surface area contributed by atoms with Crippen LogP contribution in [0.4, 0.5) is 0 Å². The lowest BCUT2D eigenvalue weighted by atomic mass is 10.2. The Hall–Kier alpha value is -1.49. The molecule has 0 saturated carbocycles. The zero-order chi connectivity index (χ0) is 11.7. The van der Waals surface area contributed by atoms with Gasteiger partial charge in [0.2, 0.25) is 0 Å². The molecule has 4 nitrogen and oxygen atoms in total. The molecule has 2 aromatic rings. The molecule has 0 radical (unpaired) electrons. The fourth-order valence-corrected chi connectivity index (χ4v) is 2.00. The molecule has 0 unspecified atom stereocenters. The molecule has 0 spiro atoms. The molecule has 16 heavy (non-hydrogen) atoms. The number of nitrogens with one attached hydrogen (secondary N) is 1. The van der Waals surface area contributed by atoms with Crippen molar-refractivity contribution in [3.05, 3.63) is 28.4 Å². The highest BCUT2D eigenvalue weighted by atomic mass is 79.9. The molecule has 0 aliphatic carbocycles. The summed E-state index contributed by atoms with van der Waals surface area (Å²) in [5.41, 5.74) is 1.24. The van der Waals surface area contributed by atoms with Crippen molar-refractivity contribution in [1.82, 2.24) is 4.98 Å². The van der Waals surface area contributed by atoms with Gasteiger partial charge in [0, 0.05) is 9.86 Å². The molecule has 0 aliphatic rings. The maximum Gasteiger partial charge on any atom is 0.354 e. The van der Waals surface area contributed by atoms with Crippen LogP contribution < -0.4 is 4.74 Å². The summed E-state index contributed by atoms with van der Waals surface area (Å²) < 4.78 is 10.8. The number of methoxy groups -OCH3 is 2. The highest BCUT2D eigenvalue weighted by Crippen LogP contribution is 2.30. The van der Waals surface area contributed by atoms with Gasteiger partial charge >= 0.3 is 5.97 Å². The summed E-state index contributed by atoms with van der Waals surface area (Å²) in [7, 11) is 2.94. The topological polar surface area (TPSA) is 51.3 Å². The van der Waals surface area contributed by atoms with E-state index in [1.807, 2.05) is 12.1 Å². The summed E-state index contributed by atoms with van der Waals surface area (Å²) in [4.78, 5) is 14.3. The molecule has 0 atom stereocenters. The molecule has 1 N–H and O–H groups in total. The third kappa shape index (κ3) is 1.78. The van der Waals surface area contributed by atoms with Crippen LogP contribution in [0.15, 0.2) is 22.7 Å². The molecule has 1 heterocycles. The third-order valence-corrected chi connectivity index (χ3v) is 2.75. The number of ether oxygens (including phenoxy) is 2. The number of H-pyrrole nitrogens is 1. The number of fused-ring (bicyclic) bond motifs is 1. The second kappa shape index (κ2) is 4.17. The standard InChI is InChI=1S/C11H10BrNO3/c1-15-10-4-6(12)3-8-7(10)5-9(13-8)11(14)16-2/h3-5,13H,1-2H3. The molecule has 1 aromatic carbocycles. The fraction of sp³-hybridized carbons (Fsp3) is 0.182. The van der Waals surface area contributed by atoms with Crippen LogP contribution in [0.2, 0.25) is 0 Å². The van der Waals surface area contributed by atoms with E-state index < -0.39 is 5.97 Å². The van der Waals surface area contributed by atoms with E-state index in [9.17, 15) is 4.79 Å². The van der Waals surface area contributed by atoms with E-state index in [0.717, 1.165) is 15.4 Å². The van der Waals surface area contributed by atoms with E-state index >= 15 is 0 Å². The van der Waals surface area contributed by atoms with Gasteiger partial charge in [-0.3, -0.25) is 0 Å². The van der Waals surface area contributed by atoms with Gasteiger partial charge in [-0.25, -0.2) is 4.79 Å². The lowest BCUT2D eigenvalue weighted by Crippen LogP contribution is -2.00. The summed E-state index contributed by atoms with van der Waals surface area (Å²) in [6, 6.07) is 5.44. The maximum atomic E-state index is 11.4. The highest BCUT2D eigenvalue weighted by molar-refractivity contribution is 9.10. The normalized spacial score (nSPS) is 10.4. The number of hydrogen-bond acceptors (Lipinski definition) is 3. The number of esters is 1. The van der Waals surface area contributed by atoms with Gasteiger partial charge < -0.3 is 14.5 Å². The number of halogens is 1. The first-order valence-corrected chi connectivity index (χ1v) is 5.39. The summed E-state index contributed by atoms with van der Waals surface area (Å²) >= 11 is 3.37. The Labute approximate surface area is 101 Å². The predicted octanol–water partition coefficient (Wildman–Crippen LogP) is 2.73. The molecule has 2 rings (SSSR count). The first-order valence-electron chi connectivity index (χ1n) is 4.60. The van der Waals surface area contributed by atoms with Gasteiger partial charge in [-0.2, -0.15) is 0 Å². The van der Waals surface area contributed by atoms with E-state index in [4.69, 9.17) is 4.74 Å². The van der Waals surface area contributed by atoms with Crippen molar-refractivity contribution in [3.63, 3.8) is 0 Å². The average Bonchev–Trinajstić information content (AvgIpc) is 2.70. The largest absolute Gasteiger partial charge is 0.496 e. The van der Waals surface area contributed by atoms with E-state index in [1.54, 1.807) is 13.2 Å². The number of aromatic amines is 1. The number of aromatic nitrogens is 1. The summed E-state index contributed by atoms with van der Waals surface area (Å²) in [5, 5.41) is 0.853. The van der Waals surface area contributed by atoms with E-state index in [0.29, 0.717) is 11.4 Å². The van der Waals surface area contributed by atoms with Crippen molar-refractivity contribution < 1.29 is 14.3 Å². The van der Waals surface area contributed by atoms with Crippen molar-refractivity contribution in [2.45, 2.75) is 0 Å². The number of carbonyl (C=O) groups is 1. The van der Waals surface area contributed by atoms with E-state index in [-0.39, 0.29) is 0 Å². The number of hydrogen-bond donors (Lipinski definition) is 1. The maximum absolute atomic E-state index is 11.4. The van der Waals surface area contributed by atoms with Gasteiger partial charge in [0.05, 0.1) is 19.7 Å². The summed E-state index contributed by atoms with van der Waals surface area (Å²) in [5.74, 6) is 0.310. The summed E-state index contributed by atoms with van der Waals surface area (Å²) in [6.45, 7) is 0. The van der Waals surface area contributed by atoms with Crippen molar-refractivity contribution in [1.29, 1.82) is 0 Å². The smallest absolute Gasteiger partial charge is 0.354 e. The van der Waals surface area contributed by atoms with Crippen LogP contribution in [0, 0.1) is 0 Å². The average molecular weight is 284 g/mol. The predicted molar refractivity (Wildman–Crippen MR) is 63.9 cm³/mol. The van der Waals surface area contributed by atoms with Crippen LogP contribution in [0.3, 0.4) is 0 Å². The van der Waals surface area contributed by atoms with Gasteiger partial charge in [0.15, 0.2) is 0 Å². The van der Waals surface area contributed by atoms with Crippen LogP contribution in [-0.2, 0) is 4.74 Å². The SMILES string of the molecule is COC(=O)c1cc2c(OC)cc(Br)cc2[nH]1. The third-order valence-electron chi connectivity index (χ3n) is 2.29. The van der Waals surface area contributed by atoms with Gasteiger partial charge in [0.1, 0.15) is 11.4 Å². The lowest BCUT2D eigenvalue weighted by Gasteiger charge is -2.01. The number of carbonyl (C=O) groups excluding carboxylic acids is 1. The molecule has 0 aliphatic heterocycles. The molecule has 0 fully saturated rings. The van der Waals surface area contributed by atoms with Crippen molar-refractivity contribution in [2.24, 2.45) is 0 Å². The minimum absolute atomic E-state index is 0.394. The Morgan fingerprint density at radius 3 is 2.69 bits per heavy atom. The monoisotopic (exact) mass is 283 g/mol. The molecular formula is C11H10BrNO3. The highest BCUT2D eigenvalue weighted by Gasteiger charge is 2.12. The van der Waals surface area contributed by atoms with Gasteiger partial charge in [-0.05, 0) is 18.2 Å². The molecule has 1 aromatic heterocycles. The van der Waals surface area contributed by atoms with Crippen molar-refractivity contribution >= 4 is 32.8 Å². The second-order valence-electron chi connectivity index (χ2n) is 3.24. The molecule has 84 valence electrons. The van der Waals surface area contributed by atoms with Crippen LogP contribution in [-0.4, -0.2) is 25.2 Å². The lowest BCUT2D eigenvalue weighted by molar-refractivity contribution is 0.0595. The Bertz CT molecular complexity index is 547. The van der Waals surface area contributed by atoms with E-state index in [2.05, 4.69) is 25.7 Å². The molecule has 5 heteroatoms. The number of benzene rings is 1. The first-order chi connectivity index (χ1) is 7.65. The Kier molecular flexibility index (Phi) is 2.87. The zero-order valence-corrected chi connectivity index (χ0v) is 10.4. The van der Waals surface area contributed by atoms with Crippen molar-refractivity contribution in [2.75, 3.05) is 14.2 Å². The minimum atomic E-state index is -0.394. The van der Waals surface area contributed by atoms with Crippen LogP contribution in [0.1, 0.15) is 10.5 Å². The van der Waals surface area contributed by atoms with E-state index in [1.165, 1.54) is 7.11 Å². The molecule has 0 saturated heterocycles. The van der Waals surface area contributed by atoms with Crippen molar-refractivity contribution in [3.8, 4) is 5.75 Å². The quantitative estimate of drug-likeness (QED) is 0.863. The fourth-order valence-electron chi connectivity index (χ4n) is 1.56. The van der Waals surface area contributed by atoms with Crippen LogP contribution >= 0.6 is 15.9 Å². The Morgan fingerprint density at radius 2 is 2.06 bits per heavy atom. The van der Waals surface area contributed by atoms with Gasteiger partial charge in [-0.15, -0.1) is 0 Å².